The van der Waals surface area contributed by atoms with E-state index in [-0.39, 0.29) is 16.7 Å². The summed E-state index contributed by atoms with van der Waals surface area (Å²) >= 11 is 1.17. The normalized spacial score (nSPS) is 13.8. The van der Waals surface area contributed by atoms with E-state index in [4.69, 9.17) is 4.74 Å². The Bertz CT molecular complexity index is 1110. The Labute approximate surface area is 178 Å². The molecule has 0 bridgehead atoms. The first kappa shape index (κ1) is 20.4. The minimum Gasteiger partial charge on any atom is -0.484 e. The molecule has 0 atom stereocenters. The first-order valence-electron chi connectivity index (χ1n) is 9.35. The highest BCUT2D eigenvalue weighted by Gasteiger charge is 2.26. The number of hydrogen-bond donors (Lipinski definition) is 1. The molecule has 0 aliphatic heterocycles. The Balaban J connectivity index is 1.29. The number of hydrogen-bond acceptors (Lipinski definition) is 7. The van der Waals surface area contributed by atoms with Gasteiger partial charge in [-0.15, -0.1) is 21.5 Å². The summed E-state index contributed by atoms with van der Waals surface area (Å²) in [7, 11) is -2.09. The Hall–Kier alpha value is -2.92. The Morgan fingerprint density at radius 3 is 2.73 bits per heavy atom. The zero-order chi connectivity index (χ0) is 21.1. The number of anilines is 1. The van der Waals surface area contributed by atoms with Crippen LogP contribution in [0.2, 0.25) is 0 Å². The highest BCUT2D eigenvalue weighted by Crippen LogP contribution is 2.35. The second-order valence-electron chi connectivity index (χ2n) is 6.85. The number of sulfonamides is 1. The maximum Gasteiger partial charge on any atom is 0.273 e. The molecule has 2 heterocycles. The first-order valence-corrected chi connectivity index (χ1v) is 11.7. The van der Waals surface area contributed by atoms with E-state index in [1.807, 2.05) is 4.57 Å². The molecule has 1 saturated carbocycles. The van der Waals surface area contributed by atoms with Gasteiger partial charge in [-0.2, -0.15) is 0 Å². The van der Waals surface area contributed by atoms with Crippen LogP contribution in [0.25, 0.3) is 0 Å². The molecule has 1 amide bonds. The van der Waals surface area contributed by atoms with Crippen molar-refractivity contribution in [2.45, 2.75) is 29.6 Å². The number of aromatic nitrogens is 3. The molecule has 1 aliphatic carbocycles. The van der Waals surface area contributed by atoms with E-state index in [9.17, 15) is 13.2 Å². The van der Waals surface area contributed by atoms with Crippen LogP contribution in [0.15, 0.2) is 52.3 Å². The third-order valence-electron chi connectivity index (χ3n) is 4.71. The third kappa shape index (κ3) is 4.46. The lowest BCUT2D eigenvalue weighted by molar-refractivity contribution is -0.123. The lowest BCUT2D eigenvalue weighted by Gasteiger charge is -2.18. The number of carbonyl (C=O) groups is 1. The van der Waals surface area contributed by atoms with Crippen LogP contribution in [-0.4, -0.2) is 42.7 Å². The van der Waals surface area contributed by atoms with Crippen molar-refractivity contribution in [2.24, 2.45) is 0 Å². The summed E-state index contributed by atoms with van der Waals surface area (Å²) < 4.78 is 34.1. The fourth-order valence-electron chi connectivity index (χ4n) is 2.86. The molecule has 0 saturated heterocycles. The summed E-state index contributed by atoms with van der Waals surface area (Å²) in [5.74, 6) is 0.920. The van der Waals surface area contributed by atoms with Gasteiger partial charge in [0.1, 0.15) is 16.3 Å². The largest absolute Gasteiger partial charge is 0.484 e. The van der Waals surface area contributed by atoms with E-state index in [0.29, 0.717) is 24.0 Å². The van der Waals surface area contributed by atoms with E-state index >= 15 is 0 Å². The second-order valence-corrected chi connectivity index (χ2v) is 9.99. The standard InChI is InChI=1S/C19H21N5O4S2/c1-23(30(26,27)19-3-2-10-29-19)14-6-8-16(9-7-14)28-12-18(25)20-11-17-22-21-13-24(17)15-4-5-15/h2-3,6-10,13,15H,4-5,11-12H2,1H3,(H,20,25). The number of nitrogens with zero attached hydrogens (tertiary/aromatic N) is 4. The molecule has 30 heavy (non-hydrogen) atoms. The molecule has 3 aromatic rings. The van der Waals surface area contributed by atoms with E-state index in [1.54, 1.807) is 48.1 Å². The molecule has 1 aromatic carbocycles. The summed E-state index contributed by atoms with van der Waals surface area (Å²) in [6.07, 6.45) is 3.91. The molecular formula is C19H21N5O4S2. The second kappa shape index (κ2) is 8.44. The molecule has 2 aromatic heterocycles. The van der Waals surface area contributed by atoms with Gasteiger partial charge in [-0.3, -0.25) is 9.10 Å². The fraction of sp³-hybridized carbons (Fsp3) is 0.316. The lowest BCUT2D eigenvalue weighted by Crippen LogP contribution is -2.29. The van der Waals surface area contributed by atoms with E-state index < -0.39 is 10.0 Å². The van der Waals surface area contributed by atoms with Crippen LogP contribution >= 0.6 is 11.3 Å². The van der Waals surface area contributed by atoms with Gasteiger partial charge in [0.2, 0.25) is 0 Å². The van der Waals surface area contributed by atoms with Crippen molar-refractivity contribution in [1.82, 2.24) is 20.1 Å². The average molecular weight is 448 g/mol. The smallest absolute Gasteiger partial charge is 0.273 e. The number of rotatable bonds is 9. The van der Waals surface area contributed by atoms with Crippen LogP contribution in [0, 0.1) is 0 Å². The molecule has 0 radical (unpaired) electrons. The van der Waals surface area contributed by atoms with Gasteiger partial charge in [0.25, 0.3) is 15.9 Å². The van der Waals surface area contributed by atoms with E-state index in [0.717, 1.165) is 18.7 Å². The van der Waals surface area contributed by atoms with Crippen molar-refractivity contribution in [3.05, 3.63) is 53.9 Å². The Kier molecular flexibility index (Phi) is 5.73. The quantitative estimate of drug-likeness (QED) is 0.539. The number of carbonyl (C=O) groups excluding carboxylic acids is 1. The van der Waals surface area contributed by atoms with Crippen molar-refractivity contribution < 1.29 is 17.9 Å². The van der Waals surface area contributed by atoms with Gasteiger partial charge in [0.15, 0.2) is 12.4 Å². The monoisotopic (exact) mass is 447 g/mol. The maximum absolute atomic E-state index is 12.6. The van der Waals surface area contributed by atoms with Gasteiger partial charge in [-0.25, -0.2) is 8.42 Å². The van der Waals surface area contributed by atoms with Gasteiger partial charge in [0.05, 0.1) is 12.2 Å². The minimum atomic E-state index is -3.59. The first-order chi connectivity index (χ1) is 14.4. The molecule has 0 spiro atoms. The number of nitrogens with one attached hydrogen (secondary N) is 1. The topological polar surface area (TPSA) is 106 Å². The van der Waals surface area contributed by atoms with Gasteiger partial charge < -0.3 is 14.6 Å². The van der Waals surface area contributed by atoms with E-state index in [2.05, 4.69) is 15.5 Å². The average Bonchev–Trinajstić information content (AvgIpc) is 3.24. The van der Waals surface area contributed by atoms with Crippen LogP contribution in [0.5, 0.6) is 5.75 Å². The predicted octanol–water partition coefficient (Wildman–Crippen LogP) is 2.19. The Morgan fingerprint density at radius 1 is 1.30 bits per heavy atom. The number of thiophene rings is 1. The molecule has 158 valence electrons. The fourth-order valence-corrected chi connectivity index (χ4v) is 5.22. The van der Waals surface area contributed by atoms with Crippen LogP contribution in [0.4, 0.5) is 5.69 Å². The zero-order valence-corrected chi connectivity index (χ0v) is 17.9. The predicted molar refractivity (Wildman–Crippen MR) is 112 cm³/mol. The lowest BCUT2D eigenvalue weighted by atomic mass is 10.3. The molecule has 11 heteroatoms. The number of ether oxygens (including phenoxy) is 1. The van der Waals surface area contributed by atoms with Crippen molar-refractivity contribution in [1.29, 1.82) is 0 Å². The molecule has 0 unspecified atom stereocenters. The molecular weight excluding hydrogens is 426 g/mol. The van der Waals surface area contributed by atoms with Crippen molar-refractivity contribution in [2.75, 3.05) is 18.0 Å². The van der Waals surface area contributed by atoms with Gasteiger partial charge in [0, 0.05) is 13.1 Å². The zero-order valence-electron chi connectivity index (χ0n) is 16.3. The molecule has 9 nitrogen and oxygen atoms in total. The minimum absolute atomic E-state index is 0.153. The summed E-state index contributed by atoms with van der Waals surface area (Å²) in [5.41, 5.74) is 0.500. The number of benzene rings is 1. The van der Waals surface area contributed by atoms with Gasteiger partial charge >= 0.3 is 0 Å². The Morgan fingerprint density at radius 2 is 2.07 bits per heavy atom. The number of amides is 1. The summed E-state index contributed by atoms with van der Waals surface area (Å²) in [6.45, 7) is 0.142. The van der Waals surface area contributed by atoms with Crippen LogP contribution < -0.4 is 14.4 Å². The highest BCUT2D eigenvalue weighted by molar-refractivity contribution is 7.94. The van der Waals surface area contributed by atoms with Crippen LogP contribution in [0.1, 0.15) is 24.7 Å². The van der Waals surface area contributed by atoms with Gasteiger partial charge in [-0.05, 0) is 48.6 Å². The summed E-state index contributed by atoms with van der Waals surface area (Å²) in [5, 5.41) is 12.4. The third-order valence-corrected chi connectivity index (χ3v) is 7.87. The van der Waals surface area contributed by atoms with Crippen LogP contribution in [0.3, 0.4) is 0 Å². The van der Waals surface area contributed by atoms with Crippen LogP contribution in [-0.2, 0) is 21.4 Å². The molecule has 1 N–H and O–H groups in total. The highest BCUT2D eigenvalue weighted by atomic mass is 32.2. The maximum atomic E-state index is 12.6. The summed E-state index contributed by atoms with van der Waals surface area (Å²) in [4.78, 5) is 12.1. The van der Waals surface area contributed by atoms with Crippen molar-refractivity contribution in [3.8, 4) is 5.75 Å². The molecule has 4 rings (SSSR count). The molecule has 1 fully saturated rings. The molecule has 1 aliphatic rings. The van der Waals surface area contributed by atoms with Gasteiger partial charge in [-0.1, -0.05) is 6.07 Å². The van der Waals surface area contributed by atoms with E-state index in [1.165, 1.54) is 22.7 Å². The van der Waals surface area contributed by atoms with Crippen molar-refractivity contribution in [3.63, 3.8) is 0 Å². The SMILES string of the molecule is CN(c1ccc(OCC(=O)NCc2nncn2C2CC2)cc1)S(=O)(=O)c1cccs1. The van der Waals surface area contributed by atoms with Crippen molar-refractivity contribution >= 4 is 33.0 Å². The summed E-state index contributed by atoms with van der Waals surface area (Å²) in [6, 6.07) is 10.2.